The number of hydrogen-bond acceptors (Lipinski definition) is 6. The van der Waals surface area contributed by atoms with Crippen LogP contribution in [0.2, 0.25) is 0 Å². The topological polar surface area (TPSA) is 79.9 Å². The van der Waals surface area contributed by atoms with E-state index in [1.807, 2.05) is 17.5 Å². The number of alkyl halides is 2. The maximum Gasteiger partial charge on any atom is 0.387 e. The number of imide groups is 1. The average molecular weight is 413 g/mol. The molecular weight excluding hydrogens is 392 g/mol. The Labute approximate surface area is 165 Å². The smallest absolute Gasteiger partial charge is 0.387 e. The highest BCUT2D eigenvalue weighted by molar-refractivity contribution is 7.09. The second kappa shape index (κ2) is 10.6. The van der Waals surface area contributed by atoms with Crippen LogP contribution < -0.4 is 20.1 Å². The van der Waals surface area contributed by atoms with Gasteiger partial charge in [-0.15, -0.1) is 11.3 Å². The van der Waals surface area contributed by atoms with Crippen LogP contribution in [0.25, 0.3) is 0 Å². The minimum absolute atomic E-state index is 0.0521. The minimum Gasteiger partial charge on any atom is -0.493 e. The van der Waals surface area contributed by atoms with Gasteiger partial charge in [-0.2, -0.15) is 8.78 Å². The highest BCUT2D eigenvalue weighted by atomic mass is 32.1. The lowest BCUT2D eigenvalue weighted by atomic mass is 10.2. The zero-order valence-electron chi connectivity index (χ0n) is 15.4. The molecule has 0 aliphatic carbocycles. The number of thiophene rings is 1. The third-order valence-corrected chi connectivity index (χ3v) is 4.44. The third-order valence-electron chi connectivity index (χ3n) is 3.57. The number of methoxy groups -OCH3 is 1. The number of urea groups is 1. The average Bonchev–Trinajstić information content (AvgIpc) is 3.13. The molecule has 2 rings (SSSR count). The second-order valence-corrected chi connectivity index (χ2v) is 6.88. The van der Waals surface area contributed by atoms with Gasteiger partial charge in [-0.05, 0) is 36.2 Å². The molecule has 0 fully saturated rings. The Kier molecular flexibility index (Phi) is 8.15. The summed E-state index contributed by atoms with van der Waals surface area (Å²) in [7, 11) is 3.02. The van der Waals surface area contributed by atoms with E-state index >= 15 is 0 Å². The van der Waals surface area contributed by atoms with Crippen LogP contribution in [0.4, 0.5) is 13.6 Å². The van der Waals surface area contributed by atoms with Crippen molar-refractivity contribution in [1.82, 2.24) is 15.5 Å². The maximum atomic E-state index is 12.5. The fraction of sp³-hybridized carbons (Fsp3) is 0.333. The zero-order chi connectivity index (χ0) is 20.5. The van der Waals surface area contributed by atoms with Crippen molar-refractivity contribution in [3.63, 3.8) is 0 Å². The Bertz CT molecular complexity index is 787. The maximum absolute atomic E-state index is 12.5. The normalized spacial score (nSPS) is 10.8. The predicted molar refractivity (Wildman–Crippen MR) is 101 cm³/mol. The number of nitrogens with zero attached hydrogens (tertiary/aromatic N) is 1. The zero-order valence-corrected chi connectivity index (χ0v) is 16.2. The van der Waals surface area contributed by atoms with Gasteiger partial charge in [0.15, 0.2) is 11.5 Å². The molecule has 0 radical (unpaired) electrons. The predicted octanol–water partition coefficient (Wildman–Crippen LogP) is 2.82. The molecule has 10 heteroatoms. The molecule has 2 N–H and O–H groups in total. The van der Waals surface area contributed by atoms with Gasteiger partial charge in [-0.1, -0.05) is 12.1 Å². The van der Waals surface area contributed by atoms with E-state index in [-0.39, 0.29) is 24.6 Å². The summed E-state index contributed by atoms with van der Waals surface area (Å²) in [5.41, 5.74) is 0.647. The van der Waals surface area contributed by atoms with Gasteiger partial charge < -0.3 is 14.8 Å². The lowest BCUT2D eigenvalue weighted by Gasteiger charge is -2.17. The number of nitrogens with one attached hydrogen (secondary N) is 2. The van der Waals surface area contributed by atoms with E-state index in [9.17, 15) is 18.4 Å². The van der Waals surface area contributed by atoms with E-state index in [2.05, 4.69) is 15.4 Å². The van der Waals surface area contributed by atoms with Crippen LogP contribution in [0.5, 0.6) is 11.5 Å². The van der Waals surface area contributed by atoms with Crippen molar-refractivity contribution in [2.45, 2.75) is 19.7 Å². The highest BCUT2D eigenvalue weighted by Crippen LogP contribution is 2.29. The molecule has 0 atom stereocenters. The summed E-state index contributed by atoms with van der Waals surface area (Å²) in [6, 6.07) is 7.78. The Morgan fingerprint density at radius 2 is 2.04 bits per heavy atom. The summed E-state index contributed by atoms with van der Waals surface area (Å²) < 4.78 is 34.4. The number of carbonyl (C=O) groups is 2. The minimum atomic E-state index is -2.97. The number of benzene rings is 1. The van der Waals surface area contributed by atoms with Crippen LogP contribution in [0, 0.1) is 0 Å². The van der Waals surface area contributed by atoms with Gasteiger partial charge in [0.1, 0.15) is 0 Å². The van der Waals surface area contributed by atoms with Crippen molar-refractivity contribution in [3.8, 4) is 11.5 Å². The summed E-state index contributed by atoms with van der Waals surface area (Å²) in [5.74, 6) is -0.378. The molecule has 0 saturated heterocycles. The van der Waals surface area contributed by atoms with Crippen LogP contribution in [0.1, 0.15) is 10.4 Å². The fourth-order valence-corrected chi connectivity index (χ4v) is 3.06. The molecule has 0 unspecified atom stereocenters. The fourth-order valence-electron chi connectivity index (χ4n) is 2.41. The van der Waals surface area contributed by atoms with Crippen molar-refractivity contribution >= 4 is 23.3 Å². The van der Waals surface area contributed by atoms with Gasteiger partial charge in [0.25, 0.3) is 0 Å². The summed E-state index contributed by atoms with van der Waals surface area (Å²) in [6.07, 6.45) is 0. The van der Waals surface area contributed by atoms with E-state index in [0.29, 0.717) is 12.1 Å². The monoisotopic (exact) mass is 413 g/mol. The van der Waals surface area contributed by atoms with E-state index in [4.69, 9.17) is 4.74 Å². The van der Waals surface area contributed by atoms with Gasteiger partial charge in [-0.3, -0.25) is 15.0 Å². The van der Waals surface area contributed by atoms with Crippen molar-refractivity contribution in [3.05, 3.63) is 46.2 Å². The highest BCUT2D eigenvalue weighted by Gasteiger charge is 2.14. The van der Waals surface area contributed by atoms with Gasteiger partial charge in [0.2, 0.25) is 5.91 Å². The van der Waals surface area contributed by atoms with Gasteiger partial charge >= 0.3 is 12.6 Å². The molecular formula is C18H21F2N3O4S. The molecule has 28 heavy (non-hydrogen) atoms. The number of hydrogen-bond donors (Lipinski definition) is 2. The molecule has 0 spiro atoms. The molecule has 1 heterocycles. The van der Waals surface area contributed by atoms with Gasteiger partial charge in [0, 0.05) is 11.4 Å². The first kappa shape index (κ1) is 21.6. The molecule has 3 amide bonds. The number of likely N-dealkylation sites (N-methyl/N-ethyl adjacent to an activating group) is 1. The molecule has 0 saturated carbocycles. The van der Waals surface area contributed by atoms with Crippen molar-refractivity contribution in [2.75, 3.05) is 20.7 Å². The SMILES string of the molecule is COc1ccc(CN(C)CC(=O)NC(=O)NCc2cccs2)cc1OC(F)F. The first-order chi connectivity index (χ1) is 13.4. The lowest BCUT2D eigenvalue weighted by Crippen LogP contribution is -2.43. The third kappa shape index (κ3) is 7.12. The van der Waals surface area contributed by atoms with Crippen LogP contribution in [-0.4, -0.2) is 44.2 Å². The molecule has 7 nitrogen and oxygen atoms in total. The van der Waals surface area contributed by atoms with E-state index < -0.39 is 18.5 Å². The number of ether oxygens (including phenoxy) is 2. The Balaban J connectivity index is 1.82. The first-order valence-corrected chi connectivity index (χ1v) is 9.15. The number of carbonyl (C=O) groups excluding carboxylic acids is 2. The molecule has 2 aromatic rings. The van der Waals surface area contributed by atoms with Crippen molar-refractivity contribution in [1.29, 1.82) is 0 Å². The molecule has 0 aliphatic rings. The summed E-state index contributed by atoms with van der Waals surface area (Å²) in [6.45, 7) is -2.40. The summed E-state index contributed by atoms with van der Waals surface area (Å²) in [4.78, 5) is 26.3. The molecule has 0 bridgehead atoms. The second-order valence-electron chi connectivity index (χ2n) is 5.85. The van der Waals surface area contributed by atoms with E-state index in [1.165, 1.54) is 30.6 Å². The van der Waals surface area contributed by atoms with Crippen LogP contribution in [-0.2, 0) is 17.9 Å². The van der Waals surface area contributed by atoms with Crippen LogP contribution in [0.15, 0.2) is 35.7 Å². The van der Waals surface area contributed by atoms with Gasteiger partial charge in [0.05, 0.1) is 20.2 Å². The molecule has 1 aromatic heterocycles. The van der Waals surface area contributed by atoms with Crippen LogP contribution >= 0.6 is 11.3 Å². The number of amides is 3. The number of halogens is 2. The van der Waals surface area contributed by atoms with E-state index in [0.717, 1.165) is 4.88 Å². The number of rotatable bonds is 9. The first-order valence-electron chi connectivity index (χ1n) is 8.27. The standard InChI is InChI=1S/C18H21F2N3O4S/c1-23(10-12-5-6-14(26-2)15(8-12)27-17(19)20)11-16(24)22-18(25)21-9-13-4-3-7-28-13/h3-8,17H,9-11H2,1-2H3,(H2,21,22,24,25). The Hall–Kier alpha value is -2.72. The summed E-state index contributed by atoms with van der Waals surface area (Å²) >= 11 is 1.50. The quantitative estimate of drug-likeness (QED) is 0.661. The lowest BCUT2D eigenvalue weighted by molar-refractivity contribution is -0.120. The molecule has 0 aliphatic heterocycles. The van der Waals surface area contributed by atoms with Gasteiger partial charge in [-0.25, -0.2) is 4.79 Å². The largest absolute Gasteiger partial charge is 0.493 e. The van der Waals surface area contributed by atoms with Crippen LogP contribution in [0.3, 0.4) is 0 Å². The molecule has 152 valence electrons. The Morgan fingerprint density at radius 3 is 2.68 bits per heavy atom. The van der Waals surface area contributed by atoms with E-state index in [1.54, 1.807) is 18.0 Å². The summed E-state index contributed by atoms with van der Waals surface area (Å²) in [5, 5.41) is 6.74. The van der Waals surface area contributed by atoms with Crippen molar-refractivity contribution < 1.29 is 27.8 Å². The van der Waals surface area contributed by atoms with Crippen molar-refractivity contribution in [2.24, 2.45) is 0 Å². The molecule has 1 aromatic carbocycles. The Morgan fingerprint density at radius 1 is 1.25 bits per heavy atom.